The topological polar surface area (TPSA) is 82.9 Å². The molecule has 0 aromatic carbocycles. The first-order chi connectivity index (χ1) is 9.06. The highest BCUT2D eigenvalue weighted by Gasteiger charge is 2.43. The summed E-state index contributed by atoms with van der Waals surface area (Å²) in [7, 11) is 0. The summed E-state index contributed by atoms with van der Waals surface area (Å²) in [4.78, 5) is 37.6. The molecular formula is C11H10BrN3O4. The maximum Gasteiger partial charge on any atom is 0.324 e. The Bertz CT molecular complexity index is 548. The van der Waals surface area contributed by atoms with E-state index in [1.807, 2.05) is 0 Å². The van der Waals surface area contributed by atoms with Gasteiger partial charge in [0.1, 0.15) is 0 Å². The van der Waals surface area contributed by atoms with E-state index in [1.54, 1.807) is 12.1 Å². The number of hydrogen-bond donors (Lipinski definition) is 1. The van der Waals surface area contributed by atoms with Gasteiger partial charge in [-0.2, -0.15) is 0 Å². The molecule has 1 N–H and O–H groups in total. The number of halogens is 1. The Hall–Kier alpha value is -1.83. The third kappa shape index (κ3) is 2.01. The molecule has 2 aliphatic heterocycles. The zero-order chi connectivity index (χ0) is 13.6. The van der Waals surface area contributed by atoms with Crippen LogP contribution in [0.15, 0.2) is 21.2 Å². The summed E-state index contributed by atoms with van der Waals surface area (Å²) in [5, 5.41) is 2.46. The molecule has 2 saturated heterocycles. The van der Waals surface area contributed by atoms with Gasteiger partial charge in [-0.25, -0.2) is 4.79 Å². The number of nitrogens with zero attached hydrogens (tertiary/aromatic N) is 2. The monoisotopic (exact) mass is 327 g/mol. The van der Waals surface area contributed by atoms with E-state index in [0.717, 1.165) is 0 Å². The smallest absolute Gasteiger partial charge is 0.324 e. The number of hydrogen-bond acceptors (Lipinski definition) is 4. The molecule has 8 heteroatoms. The Labute approximate surface area is 116 Å². The molecule has 0 radical (unpaired) electrons. The molecule has 2 aliphatic rings. The van der Waals surface area contributed by atoms with Crippen LogP contribution < -0.4 is 5.32 Å². The zero-order valence-electron chi connectivity index (χ0n) is 9.76. The highest BCUT2D eigenvalue weighted by molar-refractivity contribution is 9.10. The second kappa shape index (κ2) is 4.37. The van der Waals surface area contributed by atoms with Crippen LogP contribution >= 0.6 is 15.9 Å². The molecule has 0 unspecified atom stereocenters. The van der Waals surface area contributed by atoms with Gasteiger partial charge in [-0.05, 0) is 28.1 Å². The molecule has 1 aromatic rings. The molecule has 0 bridgehead atoms. The van der Waals surface area contributed by atoms with Crippen LogP contribution in [0.5, 0.6) is 0 Å². The van der Waals surface area contributed by atoms with Crippen LogP contribution in [0.3, 0.4) is 0 Å². The molecule has 4 amide bonds. The van der Waals surface area contributed by atoms with Crippen LogP contribution in [-0.2, 0) is 4.79 Å². The average molecular weight is 328 g/mol. The molecule has 1 aromatic heterocycles. The molecule has 0 aliphatic carbocycles. The Balaban J connectivity index is 1.62. The summed E-state index contributed by atoms with van der Waals surface area (Å²) in [5.74, 6) is -0.251. The minimum absolute atomic E-state index is 0.0361. The number of nitrogens with one attached hydrogen (secondary N) is 1. The zero-order valence-corrected chi connectivity index (χ0v) is 11.3. The lowest BCUT2D eigenvalue weighted by molar-refractivity contribution is -0.128. The lowest BCUT2D eigenvalue weighted by atomic mass is 10.1. The summed E-state index contributed by atoms with van der Waals surface area (Å²) in [6.45, 7) is 0.723. The van der Waals surface area contributed by atoms with Gasteiger partial charge < -0.3 is 14.6 Å². The summed E-state index contributed by atoms with van der Waals surface area (Å²) >= 11 is 3.13. The van der Waals surface area contributed by atoms with E-state index in [0.29, 0.717) is 17.8 Å². The van der Waals surface area contributed by atoms with E-state index >= 15 is 0 Å². The first-order valence-corrected chi connectivity index (χ1v) is 6.50. The molecule has 0 atom stereocenters. The SMILES string of the molecule is O=C(c1ccc(Br)o1)N1CC(N2C(=O)CNC2=O)C1. The number of rotatable bonds is 2. The van der Waals surface area contributed by atoms with E-state index in [1.165, 1.54) is 9.80 Å². The van der Waals surface area contributed by atoms with E-state index in [4.69, 9.17) is 4.42 Å². The van der Waals surface area contributed by atoms with Crippen LogP contribution in [0.25, 0.3) is 0 Å². The van der Waals surface area contributed by atoms with Gasteiger partial charge in [-0.1, -0.05) is 0 Å². The van der Waals surface area contributed by atoms with E-state index in [9.17, 15) is 14.4 Å². The lowest BCUT2D eigenvalue weighted by Crippen LogP contribution is -2.62. The van der Waals surface area contributed by atoms with Crippen LogP contribution in [0.1, 0.15) is 10.6 Å². The maximum atomic E-state index is 12.0. The molecule has 2 fully saturated rings. The fourth-order valence-corrected chi connectivity index (χ4v) is 2.48. The van der Waals surface area contributed by atoms with Crippen LogP contribution in [-0.4, -0.2) is 53.3 Å². The highest BCUT2D eigenvalue weighted by Crippen LogP contribution is 2.22. The molecule has 3 heterocycles. The van der Waals surface area contributed by atoms with Gasteiger partial charge in [-0.15, -0.1) is 0 Å². The van der Waals surface area contributed by atoms with Gasteiger partial charge in [0, 0.05) is 13.1 Å². The fourth-order valence-electron chi connectivity index (χ4n) is 2.17. The quantitative estimate of drug-likeness (QED) is 0.798. The van der Waals surface area contributed by atoms with Crippen molar-refractivity contribution in [1.82, 2.24) is 15.1 Å². The third-order valence-corrected chi connectivity index (χ3v) is 3.60. The standard InChI is InChI=1S/C11H10BrN3O4/c12-8-2-1-7(19-8)10(17)14-4-6(5-14)15-9(16)3-13-11(15)18/h1-2,6H,3-5H2,(H,13,18). The third-order valence-electron chi connectivity index (χ3n) is 3.18. The molecule has 0 spiro atoms. The largest absolute Gasteiger partial charge is 0.444 e. The Morgan fingerprint density at radius 1 is 1.37 bits per heavy atom. The number of carbonyl (C=O) groups excluding carboxylic acids is 3. The van der Waals surface area contributed by atoms with Gasteiger partial charge in [0.2, 0.25) is 5.91 Å². The number of carbonyl (C=O) groups is 3. The Morgan fingerprint density at radius 3 is 2.63 bits per heavy atom. The van der Waals surface area contributed by atoms with Crippen molar-refractivity contribution in [3.63, 3.8) is 0 Å². The van der Waals surface area contributed by atoms with Gasteiger partial charge in [0.05, 0.1) is 12.6 Å². The summed E-state index contributed by atoms with van der Waals surface area (Å²) in [6.07, 6.45) is 0. The van der Waals surface area contributed by atoms with E-state index < -0.39 is 0 Å². The predicted octanol–water partition coefficient (Wildman–Crippen LogP) is 0.418. The second-order valence-corrected chi connectivity index (χ2v) is 5.17. The van der Waals surface area contributed by atoms with Gasteiger partial charge >= 0.3 is 6.03 Å². The second-order valence-electron chi connectivity index (χ2n) is 4.39. The van der Waals surface area contributed by atoms with E-state index in [-0.39, 0.29) is 36.2 Å². The summed E-state index contributed by atoms with van der Waals surface area (Å²) in [6, 6.07) is 2.59. The molecule has 100 valence electrons. The highest BCUT2D eigenvalue weighted by atomic mass is 79.9. The Kier molecular flexibility index (Phi) is 2.81. The molecular weight excluding hydrogens is 318 g/mol. The molecule has 7 nitrogen and oxygen atoms in total. The van der Waals surface area contributed by atoms with E-state index in [2.05, 4.69) is 21.2 Å². The van der Waals surface area contributed by atoms with Crippen molar-refractivity contribution in [2.75, 3.05) is 19.6 Å². The van der Waals surface area contributed by atoms with Crippen LogP contribution in [0, 0.1) is 0 Å². The minimum atomic E-state index is -0.386. The molecule has 19 heavy (non-hydrogen) atoms. The maximum absolute atomic E-state index is 12.0. The van der Waals surface area contributed by atoms with Crippen molar-refractivity contribution in [3.05, 3.63) is 22.6 Å². The van der Waals surface area contributed by atoms with Crippen molar-refractivity contribution < 1.29 is 18.8 Å². The summed E-state index contributed by atoms with van der Waals surface area (Å²) < 4.78 is 5.66. The normalized spacial score (nSPS) is 19.6. The van der Waals surface area contributed by atoms with Gasteiger partial charge in [-0.3, -0.25) is 14.5 Å². The predicted molar refractivity (Wildman–Crippen MR) is 66.3 cm³/mol. The van der Waals surface area contributed by atoms with Crippen molar-refractivity contribution in [3.8, 4) is 0 Å². The number of urea groups is 1. The molecule has 0 saturated carbocycles. The lowest BCUT2D eigenvalue weighted by Gasteiger charge is -2.41. The number of furan rings is 1. The number of amides is 4. The van der Waals surface area contributed by atoms with Crippen LogP contribution in [0.4, 0.5) is 4.79 Å². The first kappa shape index (κ1) is 12.2. The number of imide groups is 1. The molecule has 3 rings (SSSR count). The van der Waals surface area contributed by atoms with Gasteiger partial charge in [0.25, 0.3) is 5.91 Å². The van der Waals surface area contributed by atoms with Gasteiger partial charge in [0.15, 0.2) is 10.4 Å². The van der Waals surface area contributed by atoms with Crippen LogP contribution in [0.2, 0.25) is 0 Å². The summed E-state index contributed by atoms with van der Waals surface area (Å²) in [5.41, 5.74) is 0. The van der Waals surface area contributed by atoms with Crippen molar-refractivity contribution in [2.45, 2.75) is 6.04 Å². The number of likely N-dealkylation sites (tertiary alicyclic amines) is 1. The minimum Gasteiger partial charge on any atom is -0.444 e. The Morgan fingerprint density at radius 2 is 2.11 bits per heavy atom. The first-order valence-electron chi connectivity index (χ1n) is 5.71. The fraction of sp³-hybridized carbons (Fsp3) is 0.364. The average Bonchev–Trinajstić information content (AvgIpc) is 2.87. The van der Waals surface area contributed by atoms with Crippen molar-refractivity contribution in [1.29, 1.82) is 0 Å². The van der Waals surface area contributed by atoms with Crippen molar-refractivity contribution >= 4 is 33.8 Å². The van der Waals surface area contributed by atoms with Crippen molar-refractivity contribution in [2.24, 2.45) is 0 Å².